The second kappa shape index (κ2) is 6.56. The third-order valence-electron chi connectivity index (χ3n) is 5.64. The van der Waals surface area contributed by atoms with Gasteiger partial charge in [0.25, 0.3) is 12.0 Å². The number of benzene rings is 1. The number of amides is 1. The summed E-state index contributed by atoms with van der Waals surface area (Å²) in [6.45, 7) is 6.34. The molecular formula is C19H22ClN3O5. The van der Waals surface area contributed by atoms with Crippen LogP contribution in [0.4, 0.5) is 4.79 Å². The molecule has 1 aromatic heterocycles. The second-order valence-electron chi connectivity index (χ2n) is 8.26. The molecule has 3 rings (SSSR count). The highest BCUT2D eigenvalue weighted by Gasteiger charge is 2.67. The number of likely N-dealkylation sites (tertiary alicyclic amines) is 1. The number of halogens is 1. The fourth-order valence-corrected chi connectivity index (χ4v) is 4.44. The fraction of sp³-hybridized carbons (Fsp3) is 0.474. The quantitative estimate of drug-likeness (QED) is 0.776. The Labute approximate surface area is 167 Å². The Kier molecular flexibility index (Phi) is 4.75. The summed E-state index contributed by atoms with van der Waals surface area (Å²) in [5.74, 6) is -1.18. The van der Waals surface area contributed by atoms with Gasteiger partial charge >= 0.3 is 5.97 Å². The highest BCUT2D eigenvalue weighted by atomic mass is 35.5. The number of rotatable bonds is 3. The lowest BCUT2D eigenvalue weighted by atomic mass is 9.90. The topological polar surface area (TPSA) is 112 Å². The highest BCUT2D eigenvalue weighted by molar-refractivity contribution is 6.31. The van der Waals surface area contributed by atoms with Crippen molar-refractivity contribution in [3.63, 3.8) is 0 Å². The van der Waals surface area contributed by atoms with Crippen molar-refractivity contribution in [1.82, 2.24) is 9.97 Å². The van der Waals surface area contributed by atoms with E-state index in [1.54, 1.807) is 45.0 Å². The molecule has 8 nitrogen and oxygen atoms in total. The zero-order valence-electron chi connectivity index (χ0n) is 16.1. The number of carboxylic acid groups (broad SMARTS) is 2. The van der Waals surface area contributed by atoms with Gasteiger partial charge in [0.1, 0.15) is 6.54 Å². The van der Waals surface area contributed by atoms with Crippen molar-refractivity contribution in [3.05, 3.63) is 29.4 Å². The van der Waals surface area contributed by atoms with Crippen molar-refractivity contribution >= 4 is 34.7 Å². The Morgan fingerprint density at radius 3 is 2.32 bits per heavy atom. The van der Waals surface area contributed by atoms with Gasteiger partial charge < -0.3 is 19.7 Å². The molecule has 1 N–H and O–H groups in total. The Hall–Kier alpha value is -2.45. The predicted octanol–water partition coefficient (Wildman–Crippen LogP) is 2.24. The van der Waals surface area contributed by atoms with Crippen LogP contribution in [0.5, 0.6) is 5.88 Å². The number of hydrogen-bond donors (Lipinski definition) is 1. The number of nitrogens with zero attached hydrogens (tertiary/aromatic N) is 3. The highest BCUT2D eigenvalue weighted by Crippen LogP contribution is 2.45. The van der Waals surface area contributed by atoms with Crippen LogP contribution >= 0.6 is 11.6 Å². The molecule has 0 bridgehead atoms. The molecule has 0 radical (unpaired) electrons. The van der Waals surface area contributed by atoms with Gasteiger partial charge in [0, 0.05) is 6.92 Å². The lowest BCUT2D eigenvalue weighted by Gasteiger charge is -2.52. The third kappa shape index (κ3) is 2.87. The van der Waals surface area contributed by atoms with Crippen molar-refractivity contribution < 1.29 is 29.0 Å². The maximum atomic E-state index is 12.2. The molecule has 2 aromatic rings. The average molecular weight is 408 g/mol. The third-order valence-corrected chi connectivity index (χ3v) is 5.89. The number of aliphatic carboxylic acids is 1. The molecule has 9 heteroatoms. The summed E-state index contributed by atoms with van der Waals surface area (Å²) in [5.41, 5.74) is -1.42. The normalized spacial score (nSPS) is 27.7. The maximum absolute atomic E-state index is 12.2. The van der Waals surface area contributed by atoms with Crippen molar-refractivity contribution in [2.75, 3.05) is 6.54 Å². The molecule has 1 aliphatic rings. The lowest BCUT2D eigenvalue weighted by molar-refractivity contribution is -0.944. The molecule has 0 aliphatic carbocycles. The number of hydrogen-bond acceptors (Lipinski definition) is 6. The number of fused-ring (bicyclic) bond motifs is 1. The van der Waals surface area contributed by atoms with Gasteiger partial charge in [0.2, 0.25) is 5.54 Å². The lowest BCUT2D eigenvalue weighted by Crippen LogP contribution is -2.76. The van der Waals surface area contributed by atoms with Gasteiger partial charge in [-0.15, -0.1) is 0 Å². The Balaban J connectivity index is 2.03. The number of quaternary nitrogens is 1. The van der Waals surface area contributed by atoms with Crippen LogP contribution in [0.3, 0.4) is 0 Å². The minimum Gasteiger partial charge on any atom is -0.498 e. The summed E-state index contributed by atoms with van der Waals surface area (Å²) in [6.07, 6.45) is -2.25. The van der Waals surface area contributed by atoms with Gasteiger partial charge in [-0.1, -0.05) is 23.7 Å². The van der Waals surface area contributed by atoms with E-state index in [2.05, 4.69) is 9.97 Å². The standard InChI is InChI=1S/C19H22ClN3O5/c1-18(2,3)23(17(26)27)10-11(9-19(23,4)16(24)25)28-15-14(20)21-12-7-5-6-8-13(12)22-15/h5-8,11H,9-10H2,1-4H3,(H-,24,25,26,27). The van der Waals surface area contributed by atoms with Crippen molar-refractivity contribution in [3.8, 4) is 5.88 Å². The monoisotopic (exact) mass is 407 g/mol. The van der Waals surface area contributed by atoms with E-state index in [0.717, 1.165) is 0 Å². The van der Waals surface area contributed by atoms with Crippen LogP contribution in [-0.2, 0) is 4.79 Å². The molecule has 1 saturated heterocycles. The summed E-state index contributed by atoms with van der Waals surface area (Å²) >= 11 is 6.19. The SMILES string of the molecule is CC(C)(C)[N+]1(C(=O)[O-])CC(Oc2nc3ccccc3nc2Cl)CC1(C)C(=O)O. The van der Waals surface area contributed by atoms with Gasteiger partial charge in [-0.2, -0.15) is 0 Å². The molecule has 1 aliphatic heterocycles. The predicted molar refractivity (Wildman–Crippen MR) is 99.9 cm³/mol. The minimum absolute atomic E-state index is 0.0323. The second-order valence-corrected chi connectivity index (χ2v) is 8.62. The Morgan fingerprint density at radius 1 is 1.29 bits per heavy atom. The molecule has 0 saturated carbocycles. The van der Waals surface area contributed by atoms with Gasteiger partial charge in [-0.25, -0.2) is 14.8 Å². The maximum Gasteiger partial charge on any atom is 0.366 e. The number of carbonyl (C=O) groups excluding carboxylic acids is 1. The van der Waals surface area contributed by atoms with E-state index < -0.39 is 33.7 Å². The van der Waals surface area contributed by atoms with E-state index in [1.165, 1.54) is 6.92 Å². The first-order chi connectivity index (χ1) is 12.9. The largest absolute Gasteiger partial charge is 0.498 e. The van der Waals surface area contributed by atoms with Gasteiger partial charge in [0.05, 0.1) is 23.0 Å². The first-order valence-electron chi connectivity index (χ1n) is 8.84. The van der Waals surface area contributed by atoms with Crippen LogP contribution in [0, 0.1) is 0 Å². The fourth-order valence-electron chi connectivity index (χ4n) is 4.26. The van der Waals surface area contributed by atoms with E-state index in [0.29, 0.717) is 11.0 Å². The first kappa shape index (κ1) is 20.3. The summed E-state index contributed by atoms with van der Waals surface area (Å²) < 4.78 is 5.11. The van der Waals surface area contributed by atoms with Crippen LogP contribution in [0.2, 0.25) is 5.15 Å². The van der Waals surface area contributed by atoms with Gasteiger partial charge in [0.15, 0.2) is 11.3 Å². The molecule has 3 unspecified atom stereocenters. The number of para-hydroxylation sites is 2. The molecule has 1 amide bonds. The van der Waals surface area contributed by atoms with E-state index in [1.807, 2.05) is 0 Å². The van der Waals surface area contributed by atoms with Crippen LogP contribution in [0.15, 0.2) is 24.3 Å². The molecule has 1 aromatic carbocycles. The zero-order valence-corrected chi connectivity index (χ0v) is 16.9. The zero-order chi connectivity index (χ0) is 20.9. The smallest absolute Gasteiger partial charge is 0.366 e. The molecule has 28 heavy (non-hydrogen) atoms. The minimum atomic E-state index is -1.64. The molecule has 0 spiro atoms. The van der Waals surface area contributed by atoms with Gasteiger partial charge in [-0.05, 0) is 32.9 Å². The van der Waals surface area contributed by atoms with Crippen LogP contribution in [0.25, 0.3) is 11.0 Å². The first-order valence-corrected chi connectivity index (χ1v) is 9.22. The summed E-state index contributed by atoms with van der Waals surface area (Å²) in [4.78, 5) is 32.9. The average Bonchev–Trinajstić information content (AvgIpc) is 2.90. The number of carbonyl (C=O) groups is 2. The summed E-state index contributed by atoms with van der Waals surface area (Å²) in [5, 5.41) is 22.1. The van der Waals surface area contributed by atoms with E-state index in [-0.39, 0.29) is 24.0 Å². The molecule has 1 fully saturated rings. The summed E-state index contributed by atoms with van der Waals surface area (Å²) in [6, 6.07) is 7.10. The number of aromatic nitrogens is 2. The Morgan fingerprint density at radius 2 is 1.86 bits per heavy atom. The Bertz CT molecular complexity index is 960. The van der Waals surface area contributed by atoms with Gasteiger partial charge in [-0.3, -0.25) is 4.48 Å². The molecular weight excluding hydrogens is 386 g/mol. The number of ether oxygens (including phenoxy) is 1. The molecule has 3 atom stereocenters. The van der Waals surface area contributed by atoms with E-state index in [9.17, 15) is 19.8 Å². The van der Waals surface area contributed by atoms with Crippen LogP contribution in [0.1, 0.15) is 34.1 Å². The molecule has 150 valence electrons. The van der Waals surface area contributed by atoms with E-state index in [4.69, 9.17) is 16.3 Å². The van der Waals surface area contributed by atoms with Crippen LogP contribution < -0.4 is 9.84 Å². The van der Waals surface area contributed by atoms with E-state index >= 15 is 0 Å². The van der Waals surface area contributed by atoms with Crippen molar-refractivity contribution in [2.45, 2.75) is 51.3 Å². The number of carboxylic acids is 1. The summed E-state index contributed by atoms with van der Waals surface area (Å²) in [7, 11) is 0. The molecule has 2 heterocycles. The van der Waals surface area contributed by atoms with Crippen LogP contribution in [-0.4, -0.2) is 55.3 Å². The van der Waals surface area contributed by atoms with Crippen molar-refractivity contribution in [1.29, 1.82) is 0 Å². The van der Waals surface area contributed by atoms with Crippen molar-refractivity contribution in [2.24, 2.45) is 0 Å².